The van der Waals surface area contributed by atoms with E-state index < -0.39 is 11.9 Å². The zero-order valence-corrected chi connectivity index (χ0v) is 25.1. The van der Waals surface area contributed by atoms with E-state index in [1.54, 1.807) is 24.7 Å². The van der Waals surface area contributed by atoms with Gasteiger partial charge in [0.2, 0.25) is 0 Å². The summed E-state index contributed by atoms with van der Waals surface area (Å²) in [6.45, 7) is 5.68. The van der Waals surface area contributed by atoms with Crippen LogP contribution in [0.15, 0.2) is 95.5 Å². The van der Waals surface area contributed by atoms with Crippen molar-refractivity contribution in [2.24, 2.45) is 0 Å². The number of para-hydroxylation sites is 1. The van der Waals surface area contributed by atoms with E-state index in [0.717, 1.165) is 21.8 Å². The lowest BCUT2D eigenvalue weighted by Gasteiger charge is -2.20. The van der Waals surface area contributed by atoms with Gasteiger partial charge in [0.25, 0.3) is 11.5 Å². The second-order valence-corrected chi connectivity index (χ2v) is 11.3. The zero-order chi connectivity index (χ0) is 30.8. The average Bonchev–Trinajstić information content (AvgIpc) is 3.56. The highest BCUT2D eigenvalue weighted by molar-refractivity contribution is 7.13. The molecule has 0 unspecified atom stereocenters. The molecular formula is C33H29N7O3S. The summed E-state index contributed by atoms with van der Waals surface area (Å²) in [5.74, 6) is 0.521. The molecule has 0 spiro atoms. The summed E-state index contributed by atoms with van der Waals surface area (Å²) < 4.78 is 7.25. The fourth-order valence-corrected chi connectivity index (χ4v) is 5.58. The van der Waals surface area contributed by atoms with Gasteiger partial charge < -0.3 is 15.8 Å². The van der Waals surface area contributed by atoms with Crippen molar-refractivity contribution in [1.29, 1.82) is 0 Å². The predicted molar refractivity (Wildman–Crippen MR) is 172 cm³/mol. The maximum atomic E-state index is 14.2. The average molecular weight is 604 g/mol. The maximum Gasteiger partial charge on any atom is 0.274 e. The van der Waals surface area contributed by atoms with Gasteiger partial charge in [-0.05, 0) is 63.2 Å². The van der Waals surface area contributed by atoms with Crippen molar-refractivity contribution in [3.8, 4) is 33.1 Å². The number of amides is 1. The lowest BCUT2D eigenvalue weighted by atomic mass is 10.1. The van der Waals surface area contributed by atoms with E-state index in [0.29, 0.717) is 28.1 Å². The molecule has 6 rings (SSSR count). The minimum Gasteiger partial charge on any atom is -0.491 e. The molecule has 0 radical (unpaired) electrons. The van der Waals surface area contributed by atoms with Crippen LogP contribution in [-0.4, -0.2) is 36.5 Å². The molecule has 0 aliphatic carbocycles. The minimum atomic E-state index is -0.704. The van der Waals surface area contributed by atoms with E-state index in [-0.39, 0.29) is 23.2 Å². The normalized spacial score (nSPS) is 11.9. The number of carbonyl (C=O) groups excluding carboxylic acids is 1. The third kappa shape index (κ3) is 5.64. The van der Waals surface area contributed by atoms with Crippen LogP contribution in [0.1, 0.15) is 43.1 Å². The molecule has 11 heteroatoms. The van der Waals surface area contributed by atoms with Crippen molar-refractivity contribution in [2.45, 2.75) is 32.9 Å². The number of fused-ring (bicyclic) bond motifs is 1. The summed E-state index contributed by atoms with van der Waals surface area (Å²) in [5, 5.41) is 3.40. The van der Waals surface area contributed by atoms with Crippen LogP contribution in [0.2, 0.25) is 0 Å². The van der Waals surface area contributed by atoms with Crippen molar-refractivity contribution < 1.29 is 9.53 Å². The van der Waals surface area contributed by atoms with Crippen molar-refractivity contribution in [3.63, 3.8) is 0 Å². The fourth-order valence-electron chi connectivity index (χ4n) is 4.93. The Labute approximate surface area is 257 Å². The number of aromatic nitrogens is 5. The summed E-state index contributed by atoms with van der Waals surface area (Å²) in [7, 11) is 0. The molecule has 10 nitrogen and oxygen atoms in total. The SMILES string of the molecule is CC(C)Oc1ccc(-c2cnc(N)c(C(=O)N[C@H](C)c3nc4cccc(-c5cncs5)c4c(=O)n3-c3ccccc3)n2)cc1. The Morgan fingerprint density at radius 3 is 2.43 bits per heavy atom. The molecule has 0 saturated carbocycles. The summed E-state index contributed by atoms with van der Waals surface area (Å²) in [4.78, 5) is 46.5. The molecule has 6 aromatic rings. The van der Waals surface area contributed by atoms with Gasteiger partial charge in [-0.2, -0.15) is 0 Å². The number of thiazole rings is 1. The molecule has 0 saturated heterocycles. The van der Waals surface area contributed by atoms with Gasteiger partial charge in [-0.15, -0.1) is 11.3 Å². The Morgan fingerprint density at radius 1 is 0.955 bits per heavy atom. The Balaban J connectivity index is 1.38. The Morgan fingerprint density at radius 2 is 1.73 bits per heavy atom. The third-order valence-corrected chi connectivity index (χ3v) is 7.71. The molecule has 3 aromatic carbocycles. The largest absolute Gasteiger partial charge is 0.491 e. The lowest BCUT2D eigenvalue weighted by molar-refractivity contribution is 0.0933. The molecule has 220 valence electrons. The number of anilines is 1. The van der Waals surface area contributed by atoms with Gasteiger partial charge >= 0.3 is 0 Å². The monoisotopic (exact) mass is 603 g/mol. The van der Waals surface area contributed by atoms with Gasteiger partial charge in [0.1, 0.15) is 11.6 Å². The first kappa shape index (κ1) is 28.7. The number of rotatable bonds is 8. The highest BCUT2D eigenvalue weighted by Crippen LogP contribution is 2.30. The number of nitrogens with one attached hydrogen (secondary N) is 1. The smallest absolute Gasteiger partial charge is 0.274 e. The Kier molecular flexibility index (Phi) is 7.86. The van der Waals surface area contributed by atoms with Crippen LogP contribution < -0.4 is 21.3 Å². The second-order valence-electron chi connectivity index (χ2n) is 10.4. The van der Waals surface area contributed by atoms with E-state index in [4.69, 9.17) is 15.5 Å². The minimum absolute atomic E-state index is 0.0145. The van der Waals surface area contributed by atoms with Crippen molar-refractivity contribution in [3.05, 3.63) is 113 Å². The number of hydrogen-bond donors (Lipinski definition) is 2. The predicted octanol–water partition coefficient (Wildman–Crippen LogP) is 5.83. The second kappa shape index (κ2) is 12.1. The molecule has 3 heterocycles. The Hall–Kier alpha value is -5.42. The number of nitrogens with two attached hydrogens (primary N) is 1. The number of ether oxygens (including phenoxy) is 1. The molecule has 1 atom stereocenters. The van der Waals surface area contributed by atoms with Gasteiger partial charge in [0, 0.05) is 17.3 Å². The van der Waals surface area contributed by atoms with Gasteiger partial charge in [-0.25, -0.2) is 15.0 Å². The van der Waals surface area contributed by atoms with Crippen LogP contribution in [0.4, 0.5) is 5.82 Å². The van der Waals surface area contributed by atoms with Crippen molar-refractivity contribution in [1.82, 2.24) is 29.8 Å². The van der Waals surface area contributed by atoms with E-state index in [9.17, 15) is 9.59 Å². The summed E-state index contributed by atoms with van der Waals surface area (Å²) >= 11 is 1.45. The van der Waals surface area contributed by atoms with Crippen LogP contribution >= 0.6 is 11.3 Å². The van der Waals surface area contributed by atoms with Crippen LogP contribution in [0.5, 0.6) is 5.75 Å². The van der Waals surface area contributed by atoms with Crippen molar-refractivity contribution >= 4 is 34.0 Å². The molecule has 3 N–H and O–H groups in total. The van der Waals surface area contributed by atoms with Gasteiger partial charge in [0.15, 0.2) is 11.5 Å². The molecule has 44 heavy (non-hydrogen) atoms. The number of carbonyl (C=O) groups is 1. The van der Waals surface area contributed by atoms with Gasteiger partial charge in [0.05, 0.1) is 51.0 Å². The quantitative estimate of drug-likeness (QED) is 0.222. The number of hydrogen-bond acceptors (Lipinski definition) is 9. The molecule has 0 aliphatic heterocycles. The molecular weight excluding hydrogens is 574 g/mol. The van der Waals surface area contributed by atoms with Gasteiger partial charge in [-0.3, -0.25) is 19.1 Å². The highest BCUT2D eigenvalue weighted by Gasteiger charge is 2.24. The molecule has 1 amide bonds. The van der Waals surface area contributed by atoms with Crippen LogP contribution in [-0.2, 0) is 0 Å². The zero-order valence-electron chi connectivity index (χ0n) is 24.3. The topological polar surface area (TPSA) is 138 Å². The molecule has 0 aliphatic rings. The summed E-state index contributed by atoms with van der Waals surface area (Å²) in [6.07, 6.45) is 3.30. The van der Waals surface area contributed by atoms with E-state index in [1.165, 1.54) is 22.1 Å². The molecule has 3 aromatic heterocycles. The first-order valence-corrected chi connectivity index (χ1v) is 14.9. The summed E-state index contributed by atoms with van der Waals surface area (Å²) in [6, 6.07) is 21.4. The standard InChI is InChI=1S/C33H29N7O3S/c1-19(2)43-23-14-12-21(13-15-23)26-16-36-30(34)29(38-26)32(41)37-20(3)31-39-25-11-7-10-24(27-17-35-18-44-27)28(25)33(42)40(31)22-8-5-4-6-9-22/h4-20H,1-3H3,(H2,34,36)(H,37,41)/t20-/m1/s1. The number of nitrogen functional groups attached to an aromatic ring is 1. The molecule has 0 bridgehead atoms. The number of nitrogens with zero attached hydrogens (tertiary/aromatic N) is 5. The van der Waals surface area contributed by atoms with Gasteiger partial charge in [-0.1, -0.05) is 30.3 Å². The van der Waals surface area contributed by atoms with E-state index in [2.05, 4.69) is 20.3 Å². The maximum absolute atomic E-state index is 14.2. The third-order valence-electron chi connectivity index (χ3n) is 6.91. The number of benzene rings is 3. The van der Waals surface area contributed by atoms with Crippen LogP contribution in [0.25, 0.3) is 38.3 Å². The van der Waals surface area contributed by atoms with E-state index in [1.807, 2.05) is 80.6 Å². The first-order valence-electron chi connectivity index (χ1n) is 14.0. The highest BCUT2D eigenvalue weighted by atomic mass is 32.1. The van der Waals surface area contributed by atoms with Crippen LogP contribution in [0.3, 0.4) is 0 Å². The lowest BCUT2D eigenvalue weighted by Crippen LogP contribution is -2.34. The van der Waals surface area contributed by atoms with E-state index >= 15 is 0 Å². The van der Waals surface area contributed by atoms with Crippen molar-refractivity contribution in [2.75, 3.05) is 5.73 Å². The molecule has 0 fully saturated rings. The fraction of sp³-hybridized carbons (Fsp3) is 0.152. The summed E-state index contributed by atoms with van der Waals surface area (Å²) in [5.41, 5.74) is 10.7. The first-order chi connectivity index (χ1) is 21.3. The Bertz CT molecular complexity index is 2010. The van der Waals surface area contributed by atoms with Crippen LogP contribution in [0, 0.1) is 0 Å².